The Morgan fingerprint density at radius 3 is 1.74 bits per heavy atom. The van der Waals surface area contributed by atoms with Crippen molar-refractivity contribution in [3.8, 4) is 50.9 Å². The fourth-order valence-electron chi connectivity index (χ4n) is 10.2. The van der Waals surface area contributed by atoms with Crippen molar-refractivity contribution < 1.29 is 64.6 Å². The first-order valence-electron chi connectivity index (χ1n) is 38.0. The maximum atomic E-state index is 10.1. The summed E-state index contributed by atoms with van der Waals surface area (Å²) < 4.78 is 247. The molecule has 0 amide bonds. The van der Waals surface area contributed by atoms with Crippen LogP contribution in [0.15, 0.2) is 254 Å². The van der Waals surface area contributed by atoms with E-state index in [0.717, 1.165) is 21.9 Å². The molecule has 0 aliphatic heterocycles. The molecule has 81 heavy (non-hydrogen) atoms. The predicted molar refractivity (Wildman–Crippen MR) is 332 cm³/mol. The molecule has 398 valence electrons. The molecule has 0 unspecified atom stereocenters. The van der Waals surface area contributed by atoms with Crippen LogP contribution >= 0.6 is 0 Å². The smallest absolute Gasteiger partial charge is 0.268 e. The molecule has 13 rings (SSSR count). The van der Waals surface area contributed by atoms with Gasteiger partial charge in [0.2, 0.25) is 0 Å². The minimum absolute atomic E-state index is 0. The molecule has 13 aromatic rings. The van der Waals surface area contributed by atoms with Gasteiger partial charge >= 0.3 is 0 Å². The van der Waals surface area contributed by atoms with Crippen LogP contribution in [0.2, 0.25) is 0 Å². The minimum Gasteiger partial charge on any atom is -0.510 e. The summed E-state index contributed by atoms with van der Waals surface area (Å²) in [6, 6.07) is 10.2. The first-order chi connectivity index (χ1) is 49.3. The first-order valence-corrected chi connectivity index (χ1v) is 27.5. The summed E-state index contributed by atoms with van der Waals surface area (Å²) >= 11 is 0. The molecule has 0 bridgehead atoms. The van der Waals surface area contributed by atoms with Crippen LogP contribution < -0.4 is 30.1 Å². The molecule has 0 radical (unpaired) electrons. The SMILES string of the molecule is [2H]c1c([2H])c([2H])c(-c2ccc3c(c2)n(-c2[c-]c(Oc4[c-]c5c(cc4)c4ccccc4n5-c4cc(C(C)(C)C)ccn4)ccc2)[c-][n+]3-c2c(-c3c([2H])c([2H])c([2H])c([2H])c3[2H])cc(C(C)(C)C)cc2[Si](c2c([2H])c([2H])c([2H])c([2H])c2[2H])(c2c([2H])c([2H])c([2H])c([2H])c2[2H])c2c([2H])c([2H])c([2H])c([2H])c2[2H])c([2H])c1[2H].[Pt]. The van der Waals surface area contributed by atoms with Crippen molar-refractivity contribution in [1.29, 1.82) is 0 Å². The molecule has 7 heteroatoms. The molecular weight excluding hydrogens is 1180 g/mol. The van der Waals surface area contributed by atoms with E-state index in [1.54, 1.807) is 51.2 Å². The van der Waals surface area contributed by atoms with Crippen molar-refractivity contribution in [1.82, 2.24) is 14.1 Å². The van der Waals surface area contributed by atoms with Crippen LogP contribution in [0.4, 0.5) is 0 Å². The second-order valence-corrected chi connectivity index (χ2v) is 24.5. The summed E-state index contributed by atoms with van der Waals surface area (Å²) in [5.41, 5.74) is -0.629. The largest absolute Gasteiger partial charge is 0.510 e. The third-order valence-corrected chi connectivity index (χ3v) is 18.2. The third kappa shape index (κ3) is 9.67. The molecule has 10 aromatic carbocycles. The Labute approximate surface area is 525 Å². The van der Waals surface area contributed by atoms with Gasteiger partial charge < -0.3 is 13.9 Å². The number of hydrogen-bond donors (Lipinski definition) is 0. The molecule has 0 saturated heterocycles. The van der Waals surface area contributed by atoms with Crippen LogP contribution in [0.25, 0.3) is 72.3 Å². The Morgan fingerprint density at radius 1 is 0.519 bits per heavy atom. The number of hydrogen-bond acceptors (Lipinski definition) is 2. The van der Waals surface area contributed by atoms with E-state index in [1.807, 2.05) is 47.0 Å². The number of benzene rings is 10. The second kappa shape index (κ2) is 21.4. The molecule has 3 aromatic heterocycles. The first kappa shape index (κ1) is 31.4. The van der Waals surface area contributed by atoms with E-state index in [2.05, 4.69) is 39.2 Å². The third-order valence-electron chi connectivity index (χ3n) is 14.1. The number of fused-ring (bicyclic) bond motifs is 4. The number of rotatable bonds is 11. The molecule has 0 fully saturated rings. The van der Waals surface area contributed by atoms with E-state index in [-0.39, 0.29) is 77.0 Å². The quantitative estimate of drug-likeness (QED) is 0.0560. The Balaban J connectivity index is 0.0000105. The van der Waals surface area contributed by atoms with Gasteiger partial charge in [-0.25, -0.2) is 4.98 Å². The van der Waals surface area contributed by atoms with Crippen LogP contribution in [-0.4, -0.2) is 22.2 Å². The summed E-state index contributed by atoms with van der Waals surface area (Å²) in [6.07, 6.45) is 5.08. The standard InChI is InChI=1S/C74H60N4OSi.Pt/c1-73(2,3)55-43-44-75-71(48-55)78-66-38-23-22-37-63(66)64-41-40-59(50-68(64)78)79-58-30-24-29-57(49-58)76-51-77(67-42-39-54(45-69(67)76)52-25-12-7-13-26-52)72-65(53-27-14-8-15-28-53)46-56(74(4,5)6)47-70(72)80(60-31-16-9-17-32-60,61-33-18-10-19-34-61)62-35-20-11-21-36-62;/h7-48H,1-6H3;/q-2;/i7D,8D,9D,10D,11D,12D,13D,14D,15D,16D,17D,18D,19D,20D,21D,25D,26D,27D,28D,31D,32D,33D,34D,35D,36D;. The van der Waals surface area contributed by atoms with Crippen molar-refractivity contribution >= 4 is 61.7 Å². The van der Waals surface area contributed by atoms with Crippen molar-refractivity contribution in [2.45, 2.75) is 52.4 Å². The molecule has 0 spiro atoms. The van der Waals surface area contributed by atoms with Crippen molar-refractivity contribution in [2.24, 2.45) is 0 Å². The van der Waals surface area contributed by atoms with E-state index in [1.165, 1.54) is 39.5 Å². The summed E-state index contributed by atoms with van der Waals surface area (Å²) in [4.78, 5) is 4.81. The molecule has 0 saturated carbocycles. The zero-order valence-corrected chi connectivity index (χ0v) is 47.6. The average Bonchev–Trinajstić information content (AvgIpc) is 0.750. The fraction of sp³-hybridized carbons (Fsp3) is 0.108. The van der Waals surface area contributed by atoms with Gasteiger partial charge in [0.1, 0.15) is 5.82 Å². The van der Waals surface area contributed by atoms with E-state index in [9.17, 15) is 24.7 Å². The maximum absolute atomic E-state index is 10.1. The molecule has 0 aliphatic carbocycles. The molecular formula is C74H60N4OPtSi-2. The minimum atomic E-state index is -6.32. The number of para-hydroxylation sites is 1. The van der Waals surface area contributed by atoms with E-state index >= 15 is 0 Å². The summed E-state index contributed by atoms with van der Waals surface area (Å²) in [6.45, 7) is 11.4. The van der Waals surface area contributed by atoms with Gasteiger partial charge in [-0.15, -0.1) is 29.7 Å². The predicted octanol–water partition coefficient (Wildman–Crippen LogP) is 14.9. The van der Waals surface area contributed by atoms with E-state index < -0.39 is 197 Å². The van der Waals surface area contributed by atoms with Crippen molar-refractivity contribution in [3.05, 3.63) is 284 Å². The average molecular weight is 1270 g/mol. The molecule has 3 heterocycles. The van der Waals surface area contributed by atoms with Crippen LogP contribution in [0.1, 0.15) is 86.9 Å². The molecule has 0 aliphatic rings. The van der Waals surface area contributed by atoms with E-state index in [4.69, 9.17) is 19.3 Å². The van der Waals surface area contributed by atoms with Crippen molar-refractivity contribution in [2.75, 3.05) is 0 Å². The van der Waals surface area contributed by atoms with Gasteiger partial charge in [-0.2, -0.15) is 18.2 Å². The number of nitrogens with zero attached hydrogens (tertiary/aromatic N) is 4. The molecule has 0 N–H and O–H groups in total. The van der Waals surface area contributed by atoms with Gasteiger partial charge in [0.15, 0.2) is 8.07 Å². The number of ether oxygens (including phenoxy) is 1. The van der Waals surface area contributed by atoms with Gasteiger partial charge in [-0.3, -0.25) is 4.57 Å². The number of aromatic nitrogens is 4. The van der Waals surface area contributed by atoms with Crippen LogP contribution in [0.5, 0.6) is 11.5 Å². The summed E-state index contributed by atoms with van der Waals surface area (Å²) in [5, 5.41) is -1.49. The Hall–Kier alpha value is -8.67. The van der Waals surface area contributed by atoms with Gasteiger partial charge in [0.05, 0.1) is 51.0 Å². The molecule has 5 nitrogen and oxygen atoms in total. The van der Waals surface area contributed by atoms with Crippen LogP contribution in [0.3, 0.4) is 0 Å². The monoisotopic (exact) mass is 1270 g/mol. The number of pyridine rings is 1. The normalized spacial score (nSPS) is 16.3. The summed E-state index contributed by atoms with van der Waals surface area (Å²) in [5.74, 6) is 0.864. The van der Waals surface area contributed by atoms with Crippen molar-refractivity contribution in [3.63, 3.8) is 0 Å². The van der Waals surface area contributed by atoms with Gasteiger partial charge in [0, 0.05) is 44.3 Å². The Morgan fingerprint density at radius 2 is 1.11 bits per heavy atom. The van der Waals surface area contributed by atoms with Gasteiger partial charge in [0.25, 0.3) is 6.33 Å². The van der Waals surface area contributed by atoms with Crippen LogP contribution in [0, 0.1) is 18.5 Å². The fourth-order valence-corrected chi connectivity index (χ4v) is 14.2. The van der Waals surface area contributed by atoms with E-state index in [0.29, 0.717) is 11.3 Å². The topological polar surface area (TPSA) is 35.9 Å². The van der Waals surface area contributed by atoms with Gasteiger partial charge in [-0.1, -0.05) is 241 Å². The van der Waals surface area contributed by atoms with Gasteiger partial charge in [-0.05, 0) is 100 Å². The summed E-state index contributed by atoms with van der Waals surface area (Å²) in [7, 11) is -6.32. The zero-order chi connectivity index (χ0) is 76.3. The Kier molecular flexibility index (Phi) is 8.29. The zero-order valence-electron chi connectivity index (χ0n) is 69.3. The van der Waals surface area contributed by atoms with Crippen LogP contribution in [-0.2, 0) is 31.9 Å². The number of imidazole rings is 1. The molecule has 0 atom stereocenters. The Bertz CT molecular complexity index is 5650. The second-order valence-electron chi connectivity index (χ2n) is 21.0. The maximum Gasteiger partial charge on any atom is 0.268 e.